The number of hydrogen-bond acceptors (Lipinski definition) is 14. The maximum atomic E-state index is 13.0. The van der Waals surface area contributed by atoms with E-state index in [1.165, 1.54) is 89.9 Å². The lowest BCUT2D eigenvalue weighted by Crippen LogP contribution is -2.61. The third kappa shape index (κ3) is 25.8. The van der Waals surface area contributed by atoms with Crippen LogP contribution in [0.5, 0.6) is 0 Å². The highest BCUT2D eigenvalue weighted by Crippen LogP contribution is 2.26. The molecule has 14 heteroatoms. The summed E-state index contributed by atoms with van der Waals surface area (Å²) in [5.74, 6) is -0.388. The third-order valence-corrected chi connectivity index (χ3v) is 12.0. The second kappa shape index (κ2) is 37.5. The van der Waals surface area contributed by atoms with E-state index < -0.39 is 80.7 Å². The summed E-state index contributed by atoms with van der Waals surface area (Å²) in [7, 11) is 0. The summed E-state index contributed by atoms with van der Waals surface area (Å²) in [6.45, 7) is 3.65. The van der Waals surface area contributed by atoms with Crippen molar-refractivity contribution in [3.63, 3.8) is 0 Å². The van der Waals surface area contributed by atoms with E-state index in [0.717, 1.165) is 64.2 Å². The van der Waals surface area contributed by atoms with Crippen molar-refractivity contribution in [1.29, 1.82) is 0 Å². The second-order valence-corrected chi connectivity index (χ2v) is 17.6. The molecule has 0 spiro atoms. The van der Waals surface area contributed by atoms with Crippen molar-refractivity contribution in [2.24, 2.45) is 0 Å². The molecule has 0 aromatic heterocycles. The Labute approximate surface area is 379 Å². The van der Waals surface area contributed by atoms with E-state index in [0.29, 0.717) is 13.0 Å². The number of hydrogen-bond donors (Lipinski definition) is 7. The Balaban J connectivity index is 1.79. The number of carbonyl (C=O) groups is 1. The van der Waals surface area contributed by atoms with Gasteiger partial charge >= 0.3 is 5.97 Å². The molecule has 0 aromatic rings. The topological polar surface area (TPSA) is 214 Å². The van der Waals surface area contributed by atoms with Gasteiger partial charge in [-0.15, -0.1) is 0 Å². The van der Waals surface area contributed by atoms with Crippen molar-refractivity contribution in [1.82, 2.24) is 0 Å². The molecule has 0 aromatic carbocycles. The van der Waals surface area contributed by atoms with E-state index in [2.05, 4.69) is 38.2 Å². The SMILES string of the molecule is CCCCC/C=C\C/C=C\CCCCCCCC(=O)OC(COCCCCCCCCCCCCCCCC)COC1OC(COC2OC(CO)C(O)C(O)C2O)C(O)C(O)C1O. The molecule has 0 amide bonds. The van der Waals surface area contributed by atoms with Gasteiger partial charge in [-0.25, -0.2) is 0 Å². The van der Waals surface area contributed by atoms with Gasteiger partial charge in [0.05, 0.1) is 26.4 Å². The molecule has 2 saturated heterocycles. The summed E-state index contributed by atoms with van der Waals surface area (Å²) < 4.78 is 34.2. The van der Waals surface area contributed by atoms with Crippen molar-refractivity contribution in [2.75, 3.05) is 33.0 Å². The van der Waals surface area contributed by atoms with E-state index in [1.807, 2.05) is 0 Å². The first-order chi connectivity index (χ1) is 30.6. The van der Waals surface area contributed by atoms with Crippen LogP contribution >= 0.6 is 0 Å². The first-order valence-corrected chi connectivity index (χ1v) is 24.9. The second-order valence-electron chi connectivity index (χ2n) is 17.6. The van der Waals surface area contributed by atoms with Gasteiger partial charge in [0, 0.05) is 13.0 Å². The minimum absolute atomic E-state index is 0.0595. The predicted octanol–water partition coefficient (Wildman–Crippen LogP) is 6.85. The Kier molecular flexibility index (Phi) is 34.3. The predicted molar refractivity (Wildman–Crippen MR) is 243 cm³/mol. The molecule has 0 saturated carbocycles. The van der Waals surface area contributed by atoms with Gasteiger partial charge in [0.15, 0.2) is 12.6 Å². The van der Waals surface area contributed by atoms with Gasteiger partial charge in [-0.3, -0.25) is 4.79 Å². The highest BCUT2D eigenvalue weighted by atomic mass is 16.7. The lowest BCUT2D eigenvalue weighted by atomic mass is 9.98. The lowest BCUT2D eigenvalue weighted by Gasteiger charge is -2.42. The van der Waals surface area contributed by atoms with Gasteiger partial charge in [-0.05, 0) is 44.9 Å². The molecule has 0 aliphatic carbocycles. The van der Waals surface area contributed by atoms with Crippen LogP contribution < -0.4 is 0 Å². The van der Waals surface area contributed by atoms with Crippen molar-refractivity contribution < 1.29 is 69.0 Å². The molecule has 2 rings (SSSR count). The Morgan fingerprint density at radius 1 is 0.524 bits per heavy atom. The van der Waals surface area contributed by atoms with Crippen molar-refractivity contribution >= 4 is 5.97 Å². The average Bonchev–Trinajstić information content (AvgIpc) is 3.28. The molecule has 11 atom stereocenters. The summed E-state index contributed by atoms with van der Waals surface area (Å²) in [5.41, 5.74) is 0. The fourth-order valence-electron chi connectivity index (χ4n) is 7.84. The van der Waals surface area contributed by atoms with Gasteiger partial charge in [-0.1, -0.05) is 154 Å². The highest BCUT2D eigenvalue weighted by molar-refractivity contribution is 5.69. The minimum Gasteiger partial charge on any atom is -0.457 e. The van der Waals surface area contributed by atoms with E-state index in [4.69, 9.17) is 28.4 Å². The molecule has 14 nitrogen and oxygen atoms in total. The van der Waals surface area contributed by atoms with Gasteiger partial charge in [0.25, 0.3) is 0 Å². The smallest absolute Gasteiger partial charge is 0.306 e. The van der Waals surface area contributed by atoms with E-state index in [-0.39, 0.29) is 25.6 Å². The lowest BCUT2D eigenvalue weighted by molar-refractivity contribution is -0.332. The van der Waals surface area contributed by atoms with Crippen LogP contribution in [0.25, 0.3) is 0 Å². The van der Waals surface area contributed by atoms with Crippen LogP contribution in [0.2, 0.25) is 0 Å². The largest absolute Gasteiger partial charge is 0.457 e. The summed E-state index contributed by atoms with van der Waals surface area (Å²) in [4.78, 5) is 13.0. The van der Waals surface area contributed by atoms with Gasteiger partial charge in [-0.2, -0.15) is 0 Å². The molecule has 370 valence electrons. The Morgan fingerprint density at radius 3 is 1.56 bits per heavy atom. The van der Waals surface area contributed by atoms with E-state index >= 15 is 0 Å². The van der Waals surface area contributed by atoms with Crippen LogP contribution in [0.3, 0.4) is 0 Å². The fraction of sp³-hybridized carbons (Fsp3) is 0.898. The van der Waals surface area contributed by atoms with Crippen molar-refractivity contribution in [3.8, 4) is 0 Å². The van der Waals surface area contributed by atoms with Crippen LogP contribution in [0.1, 0.15) is 181 Å². The molecule has 0 radical (unpaired) electrons. The third-order valence-electron chi connectivity index (χ3n) is 12.0. The molecule has 2 aliphatic heterocycles. The highest BCUT2D eigenvalue weighted by Gasteiger charge is 2.47. The molecule has 7 N–H and O–H groups in total. The first kappa shape index (κ1) is 57.6. The maximum absolute atomic E-state index is 13.0. The van der Waals surface area contributed by atoms with Crippen molar-refractivity contribution in [3.05, 3.63) is 24.3 Å². The van der Waals surface area contributed by atoms with Crippen molar-refractivity contribution in [2.45, 2.75) is 248 Å². The maximum Gasteiger partial charge on any atom is 0.306 e. The molecule has 0 bridgehead atoms. The summed E-state index contributed by atoms with van der Waals surface area (Å²) in [6.07, 6.45) is 22.3. The zero-order valence-corrected chi connectivity index (χ0v) is 39.1. The molecule has 2 heterocycles. The molecular formula is C49H90O14. The minimum atomic E-state index is -1.71. The zero-order chi connectivity index (χ0) is 45.9. The normalized spacial score (nSPS) is 27.1. The van der Waals surface area contributed by atoms with Gasteiger partial charge < -0.3 is 64.2 Å². The van der Waals surface area contributed by atoms with Gasteiger partial charge in [0.1, 0.15) is 54.9 Å². The molecule has 2 aliphatic rings. The van der Waals surface area contributed by atoms with Gasteiger partial charge in [0.2, 0.25) is 0 Å². The number of unbranched alkanes of at least 4 members (excludes halogenated alkanes) is 21. The van der Waals surface area contributed by atoms with E-state index in [9.17, 15) is 40.5 Å². The average molecular weight is 903 g/mol. The Hall–Kier alpha value is -1.53. The number of ether oxygens (including phenoxy) is 6. The van der Waals surface area contributed by atoms with Crippen LogP contribution in [0, 0.1) is 0 Å². The fourth-order valence-corrected chi connectivity index (χ4v) is 7.84. The number of aliphatic hydroxyl groups is 7. The molecule has 11 unspecified atom stereocenters. The number of rotatable bonds is 39. The van der Waals surface area contributed by atoms with E-state index in [1.54, 1.807) is 0 Å². The van der Waals surface area contributed by atoms with Crippen LogP contribution in [0.15, 0.2) is 24.3 Å². The quantitative estimate of drug-likeness (QED) is 0.0191. The summed E-state index contributed by atoms with van der Waals surface area (Å²) >= 11 is 0. The summed E-state index contributed by atoms with van der Waals surface area (Å²) in [5, 5.41) is 72.0. The molecule has 63 heavy (non-hydrogen) atoms. The monoisotopic (exact) mass is 903 g/mol. The number of esters is 1. The number of aliphatic hydroxyl groups excluding tert-OH is 7. The summed E-state index contributed by atoms with van der Waals surface area (Å²) in [6, 6.07) is 0. The molecular weight excluding hydrogens is 813 g/mol. The Morgan fingerprint density at radius 2 is 0.984 bits per heavy atom. The number of allylic oxidation sites excluding steroid dienone is 4. The zero-order valence-electron chi connectivity index (χ0n) is 39.1. The molecule has 2 fully saturated rings. The standard InChI is InChI=1S/C49H90O14/c1-3-5-7-9-11-13-15-17-19-20-22-24-26-28-30-32-41(51)61-38(35-58-33-31-29-27-25-23-21-18-16-14-12-10-8-6-4-2)36-59-48-47(57)45(55)43(53)40(63-48)37-60-49-46(56)44(54)42(52)39(34-50)62-49/h11,13,17,19,38-40,42-50,52-57H,3-10,12,14-16,18,20-37H2,1-2H3/b13-11-,19-17-. The van der Waals surface area contributed by atoms with Crippen LogP contribution in [-0.2, 0) is 33.2 Å². The Bertz CT molecular complexity index is 1140. The van der Waals surface area contributed by atoms with Crippen LogP contribution in [0.4, 0.5) is 0 Å². The van der Waals surface area contributed by atoms with Crippen LogP contribution in [-0.4, -0.2) is 142 Å². The number of carbonyl (C=O) groups excluding carboxylic acids is 1. The first-order valence-electron chi connectivity index (χ1n) is 24.9.